The highest BCUT2D eigenvalue weighted by Crippen LogP contribution is 2.31. The third-order valence-electron chi connectivity index (χ3n) is 6.30. The van der Waals surface area contributed by atoms with E-state index < -0.39 is 30.1 Å². The normalized spacial score (nSPS) is 16.8. The third kappa shape index (κ3) is 6.28. The molecule has 0 radical (unpaired) electrons. The second kappa shape index (κ2) is 10.6. The summed E-state index contributed by atoms with van der Waals surface area (Å²) in [7, 11) is 0. The molecule has 1 aromatic heterocycles. The van der Waals surface area contributed by atoms with Crippen molar-refractivity contribution in [3.05, 3.63) is 83.8 Å². The van der Waals surface area contributed by atoms with Crippen LogP contribution in [0.4, 0.5) is 23.2 Å². The summed E-state index contributed by atoms with van der Waals surface area (Å²) in [6.45, 7) is 3.69. The lowest BCUT2D eigenvalue weighted by Crippen LogP contribution is -2.48. The van der Waals surface area contributed by atoms with Gasteiger partial charge >= 0.3 is 6.18 Å². The van der Waals surface area contributed by atoms with E-state index in [-0.39, 0.29) is 12.5 Å². The van der Waals surface area contributed by atoms with Gasteiger partial charge in [0, 0.05) is 38.5 Å². The summed E-state index contributed by atoms with van der Waals surface area (Å²) in [6.07, 6.45) is -2.63. The van der Waals surface area contributed by atoms with Crippen LogP contribution in [-0.4, -0.2) is 48.0 Å². The first-order valence-corrected chi connectivity index (χ1v) is 11.5. The molecule has 0 bridgehead atoms. The van der Waals surface area contributed by atoms with Crippen molar-refractivity contribution in [1.82, 2.24) is 9.88 Å². The van der Waals surface area contributed by atoms with Gasteiger partial charge in [-0.05, 0) is 23.3 Å². The maximum Gasteiger partial charge on any atom is 0.389 e. The minimum atomic E-state index is -4.40. The van der Waals surface area contributed by atoms with Crippen LogP contribution in [-0.2, 0) is 11.2 Å². The van der Waals surface area contributed by atoms with Gasteiger partial charge in [-0.25, -0.2) is 9.37 Å². The maximum absolute atomic E-state index is 14.9. The van der Waals surface area contributed by atoms with Crippen molar-refractivity contribution < 1.29 is 26.8 Å². The number of hydrogen-bond donors (Lipinski definition) is 0. The number of Topliss-reactive ketones (excluding diaryl/α,β-unsaturated/α-hetero) is 1. The van der Waals surface area contributed by atoms with Crippen LogP contribution in [0.2, 0.25) is 0 Å². The quantitative estimate of drug-likeness (QED) is 0.395. The molecule has 9 heteroatoms. The van der Waals surface area contributed by atoms with Crippen LogP contribution in [0.15, 0.2) is 65.4 Å². The maximum atomic E-state index is 14.9. The van der Waals surface area contributed by atoms with Crippen LogP contribution in [0.1, 0.15) is 36.4 Å². The van der Waals surface area contributed by atoms with E-state index in [1.807, 2.05) is 35.2 Å². The lowest BCUT2D eigenvalue weighted by Gasteiger charge is -2.39. The first-order chi connectivity index (χ1) is 16.7. The fourth-order valence-corrected chi connectivity index (χ4v) is 4.49. The van der Waals surface area contributed by atoms with Crippen molar-refractivity contribution in [3.8, 4) is 0 Å². The Bertz CT molecular complexity index is 1110. The Kier molecular flexibility index (Phi) is 7.54. The predicted molar refractivity (Wildman–Crippen MR) is 124 cm³/mol. The number of hydrogen-bond acceptors (Lipinski definition) is 5. The molecule has 0 N–H and O–H groups in total. The van der Waals surface area contributed by atoms with Crippen molar-refractivity contribution in [2.24, 2.45) is 5.92 Å². The number of anilines is 1. The molecule has 0 amide bonds. The van der Waals surface area contributed by atoms with Crippen LogP contribution in [0, 0.1) is 11.7 Å². The zero-order chi connectivity index (χ0) is 25.0. The van der Waals surface area contributed by atoms with Crippen LogP contribution < -0.4 is 4.90 Å². The highest BCUT2D eigenvalue weighted by atomic mass is 19.4. The fraction of sp³-hybridized carbons (Fsp3) is 0.385. The standard InChI is InChI=1S/C26H27F4N3O2/c1-18(17-26(28,29)30)23(34)16-19-7-8-22(21(27)15-19)32-10-12-33(13-11-32)24(25-31-9-14-35-25)20-5-3-2-4-6-20/h2-9,14-15,18,24H,10-13,16-17H2,1H3. The molecule has 2 unspecified atom stereocenters. The van der Waals surface area contributed by atoms with Gasteiger partial charge in [-0.1, -0.05) is 43.3 Å². The van der Waals surface area contributed by atoms with E-state index in [2.05, 4.69) is 9.88 Å². The molecule has 4 rings (SSSR count). The SMILES string of the molecule is CC(CC(F)(F)F)C(=O)Cc1ccc(N2CCN(C(c3ccccc3)c3ncco3)CC2)c(F)c1. The molecule has 0 saturated carbocycles. The van der Waals surface area contributed by atoms with E-state index in [9.17, 15) is 22.4 Å². The minimum Gasteiger partial charge on any atom is -0.447 e. The Morgan fingerprint density at radius 2 is 1.80 bits per heavy atom. The lowest BCUT2D eigenvalue weighted by molar-refractivity contribution is -0.151. The second-order valence-corrected chi connectivity index (χ2v) is 8.86. The third-order valence-corrected chi connectivity index (χ3v) is 6.30. The molecule has 3 aromatic rings. The smallest absolute Gasteiger partial charge is 0.389 e. The summed E-state index contributed by atoms with van der Waals surface area (Å²) in [4.78, 5) is 20.7. The van der Waals surface area contributed by atoms with Crippen LogP contribution >= 0.6 is 0 Å². The van der Waals surface area contributed by atoms with Gasteiger partial charge in [0.15, 0.2) is 0 Å². The summed E-state index contributed by atoms with van der Waals surface area (Å²) < 4.78 is 58.2. The number of oxazole rings is 1. The van der Waals surface area contributed by atoms with E-state index in [0.29, 0.717) is 43.3 Å². The van der Waals surface area contributed by atoms with E-state index in [4.69, 9.17) is 4.42 Å². The highest BCUT2D eigenvalue weighted by Gasteiger charge is 2.33. The molecule has 0 spiro atoms. The van der Waals surface area contributed by atoms with Gasteiger partial charge in [-0.2, -0.15) is 13.2 Å². The van der Waals surface area contributed by atoms with Crippen molar-refractivity contribution in [1.29, 1.82) is 0 Å². The number of nitrogens with zero attached hydrogens (tertiary/aromatic N) is 3. The molecular formula is C26H27F4N3O2. The topological polar surface area (TPSA) is 49.6 Å². The minimum absolute atomic E-state index is 0.148. The number of rotatable bonds is 8. The number of benzene rings is 2. The molecule has 1 fully saturated rings. The van der Waals surface area contributed by atoms with Gasteiger partial charge in [0.25, 0.3) is 0 Å². The van der Waals surface area contributed by atoms with Gasteiger partial charge in [-0.15, -0.1) is 0 Å². The molecule has 1 aliphatic heterocycles. The zero-order valence-electron chi connectivity index (χ0n) is 19.3. The highest BCUT2D eigenvalue weighted by molar-refractivity contribution is 5.83. The zero-order valence-corrected chi connectivity index (χ0v) is 19.3. The van der Waals surface area contributed by atoms with E-state index in [0.717, 1.165) is 5.56 Å². The van der Waals surface area contributed by atoms with Crippen molar-refractivity contribution in [2.75, 3.05) is 31.1 Å². The number of piperazine rings is 1. The van der Waals surface area contributed by atoms with Crippen LogP contribution in [0.25, 0.3) is 0 Å². The van der Waals surface area contributed by atoms with Crippen molar-refractivity contribution in [3.63, 3.8) is 0 Å². The summed E-state index contributed by atoms with van der Waals surface area (Å²) in [5.41, 5.74) is 1.84. The van der Waals surface area contributed by atoms with Crippen LogP contribution in [0.5, 0.6) is 0 Å². The molecule has 1 aliphatic rings. The number of carbonyl (C=O) groups excluding carboxylic acids is 1. The van der Waals surface area contributed by atoms with Gasteiger partial charge in [0.2, 0.25) is 5.89 Å². The Balaban J connectivity index is 1.40. The number of alkyl halides is 3. The summed E-state index contributed by atoms with van der Waals surface area (Å²) in [5, 5.41) is 0. The first kappa shape index (κ1) is 24.9. The van der Waals surface area contributed by atoms with E-state index in [1.165, 1.54) is 13.0 Å². The summed E-state index contributed by atoms with van der Waals surface area (Å²) >= 11 is 0. The summed E-state index contributed by atoms with van der Waals surface area (Å²) in [6, 6.07) is 14.2. The van der Waals surface area contributed by atoms with E-state index in [1.54, 1.807) is 24.6 Å². The number of halogens is 4. The van der Waals surface area contributed by atoms with Gasteiger partial charge < -0.3 is 9.32 Å². The Morgan fingerprint density at radius 3 is 2.40 bits per heavy atom. The Hall–Kier alpha value is -3.20. The van der Waals surface area contributed by atoms with E-state index >= 15 is 0 Å². The second-order valence-electron chi connectivity index (χ2n) is 8.86. The summed E-state index contributed by atoms with van der Waals surface area (Å²) in [5.74, 6) is -1.60. The van der Waals surface area contributed by atoms with Crippen molar-refractivity contribution in [2.45, 2.75) is 32.0 Å². The van der Waals surface area contributed by atoms with Crippen LogP contribution in [0.3, 0.4) is 0 Å². The first-order valence-electron chi connectivity index (χ1n) is 11.5. The molecule has 2 heterocycles. The lowest BCUT2D eigenvalue weighted by atomic mass is 9.96. The molecule has 2 aromatic carbocycles. The molecular weight excluding hydrogens is 462 g/mol. The Labute approximate surface area is 201 Å². The van der Waals surface area contributed by atoms with Gasteiger partial charge in [-0.3, -0.25) is 9.69 Å². The monoisotopic (exact) mass is 489 g/mol. The predicted octanol–water partition coefficient (Wildman–Crippen LogP) is 5.43. The molecule has 2 atom stereocenters. The molecule has 186 valence electrons. The average molecular weight is 490 g/mol. The average Bonchev–Trinajstić information content (AvgIpc) is 3.34. The molecule has 35 heavy (non-hydrogen) atoms. The molecule has 5 nitrogen and oxygen atoms in total. The number of ketones is 1. The largest absolute Gasteiger partial charge is 0.447 e. The van der Waals surface area contributed by atoms with Gasteiger partial charge in [0.05, 0.1) is 18.3 Å². The molecule has 0 aliphatic carbocycles. The van der Waals surface area contributed by atoms with Crippen molar-refractivity contribution >= 4 is 11.5 Å². The van der Waals surface area contributed by atoms with Gasteiger partial charge in [0.1, 0.15) is 23.9 Å². The molecule has 1 saturated heterocycles. The fourth-order valence-electron chi connectivity index (χ4n) is 4.49. The Morgan fingerprint density at radius 1 is 1.09 bits per heavy atom. The number of aromatic nitrogens is 1. The number of carbonyl (C=O) groups is 1.